The van der Waals surface area contributed by atoms with E-state index in [1.165, 1.54) is 31.7 Å². The van der Waals surface area contributed by atoms with Gasteiger partial charge in [0, 0.05) is 12.6 Å². The quantitative estimate of drug-likeness (QED) is 0.782. The molecule has 0 bridgehead atoms. The van der Waals surface area contributed by atoms with E-state index in [9.17, 15) is 9.50 Å². The molecule has 20 heavy (non-hydrogen) atoms. The van der Waals surface area contributed by atoms with Gasteiger partial charge in [0.25, 0.3) is 0 Å². The van der Waals surface area contributed by atoms with Crippen molar-refractivity contribution in [1.29, 1.82) is 0 Å². The van der Waals surface area contributed by atoms with E-state index in [0.717, 1.165) is 19.1 Å². The van der Waals surface area contributed by atoms with E-state index >= 15 is 0 Å². The van der Waals surface area contributed by atoms with Gasteiger partial charge in [-0.1, -0.05) is 25.5 Å². The van der Waals surface area contributed by atoms with Crippen LogP contribution in [0, 0.1) is 12.7 Å². The maximum Gasteiger partial charge on any atom is 0.126 e. The molecule has 112 valence electrons. The zero-order valence-corrected chi connectivity index (χ0v) is 12.6. The van der Waals surface area contributed by atoms with Gasteiger partial charge in [-0.3, -0.25) is 0 Å². The van der Waals surface area contributed by atoms with Crippen molar-refractivity contribution in [2.24, 2.45) is 0 Å². The summed E-state index contributed by atoms with van der Waals surface area (Å²) in [6.07, 6.45) is 5.12. The van der Waals surface area contributed by atoms with Gasteiger partial charge in [-0.05, 0) is 56.3 Å². The molecule has 0 aliphatic heterocycles. The van der Waals surface area contributed by atoms with E-state index in [0.29, 0.717) is 17.5 Å². The summed E-state index contributed by atoms with van der Waals surface area (Å²) in [6.45, 7) is 5.97. The molecule has 2 rings (SSSR count). The first-order chi connectivity index (χ1) is 9.61. The van der Waals surface area contributed by atoms with Crippen molar-refractivity contribution in [2.75, 3.05) is 13.1 Å². The smallest absolute Gasteiger partial charge is 0.126 e. The number of aliphatic hydroxyl groups excluding tert-OH is 1. The lowest BCUT2D eigenvalue weighted by molar-refractivity contribution is 0.138. The van der Waals surface area contributed by atoms with Crippen LogP contribution in [0.5, 0.6) is 0 Å². The number of hydrogen-bond donors (Lipinski definition) is 1. The summed E-state index contributed by atoms with van der Waals surface area (Å²) in [6, 6.07) is 5.76. The maximum absolute atomic E-state index is 13.5. The Balaban J connectivity index is 1.86. The van der Waals surface area contributed by atoms with Crippen molar-refractivity contribution >= 4 is 0 Å². The Hall–Kier alpha value is -0.930. The van der Waals surface area contributed by atoms with E-state index in [1.54, 1.807) is 13.0 Å². The molecule has 1 aliphatic rings. The summed E-state index contributed by atoms with van der Waals surface area (Å²) in [5, 5.41) is 10.2. The molecular weight excluding hydrogens is 253 g/mol. The van der Waals surface area contributed by atoms with Crippen LogP contribution in [0.15, 0.2) is 18.2 Å². The average Bonchev–Trinajstić information content (AvgIpc) is 3.26. The van der Waals surface area contributed by atoms with Crippen molar-refractivity contribution in [3.63, 3.8) is 0 Å². The molecule has 2 nitrogen and oxygen atoms in total. The number of aliphatic hydroxyl groups is 1. The first-order valence-electron chi connectivity index (χ1n) is 7.80. The van der Waals surface area contributed by atoms with E-state index in [1.807, 2.05) is 6.07 Å². The normalized spacial score (nSPS) is 16.6. The van der Waals surface area contributed by atoms with Gasteiger partial charge in [-0.25, -0.2) is 4.39 Å². The highest BCUT2D eigenvalue weighted by Crippen LogP contribution is 2.28. The zero-order valence-electron chi connectivity index (χ0n) is 12.6. The Morgan fingerprint density at radius 1 is 1.35 bits per heavy atom. The number of unbranched alkanes of at least 4 members (excludes halogenated alkanes) is 1. The monoisotopic (exact) mass is 279 g/mol. The van der Waals surface area contributed by atoms with Crippen LogP contribution >= 0.6 is 0 Å². The lowest BCUT2D eigenvalue weighted by Gasteiger charge is -2.23. The topological polar surface area (TPSA) is 23.5 Å². The number of halogens is 1. The van der Waals surface area contributed by atoms with Crippen molar-refractivity contribution in [1.82, 2.24) is 4.90 Å². The predicted octanol–water partition coefficient (Wildman–Crippen LogP) is 3.82. The molecule has 0 amide bonds. The fourth-order valence-corrected chi connectivity index (χ4v) is 2.55. The number of aryl methyl sites for hydroxylation is 1. The Morgan fingerprint density at radius 3 is 2.70 bits per heavy atom. The van der Waals surface area contributed by atoms with Gasteiger partial charge in [0.15, 0.2) is 0 Å². The summed E-state index contributed by atoms with van der Waals surface area (Å²) in [5.41, 5.74) is 1.32. The van der Waals surface area contributed by atoms with E-state index in [4.69, 9.17) is 0 Å². The third-order valence-electron chi connectivity index (χ3n) is 4.13. The Kier molecular flexibility index (Phi) is 5.55. The summed E-state index contributed by atoms with van der Waals surface area (Å²) >= 11 is 0. The van der Waals surface area contributed by atoms with E-state index in [2.05, 4.69) is 11.8 Å². The first-order valence-corrected chi connectivity index (χ1v) is 7.80. The molecule has 0 aromatic heterocycles. The Bertz CT molecular complexity index is 431. The maximum atomic E-state index is 13.5. The molecule has 0 radical (unpaired) electrons. The Labute approximate surface area is 121 Å². The lowest BCUT2D eigenvalue weighted by atomic mass is 10.0. The summed E-state index contributed by atoms with van der Waals surface area (Å²) in [7, 11) is 0. The minimum atomic E-state index is -0.562. The molecule has 1 saturated carbocycles. The van der Waals surface area contributed by atoms with E-state index in [-0.39, 0.29) is 5.82 Å². The second-order valence-electron chi connectivity index (χ2n) is 5.93. The molecular formula is C17H26FNO. The standard InChI is InChI=1S/C17H26FNO/c1-3-4-10-19(15-7-8-15)11-9-17(20)14-6-5-13(2)16(18)12-14/h5-6,12,15,17,20H,3-4,7-11H2,1-2H3. The molecule has 1 fully saturated rings. The summed E-state index contributed by atoms with van der Waals surface area (Å²) < 4.78 is 13.5. The number of rotatable bonds is 8. The fraction of sp³-hybridized carbons (Fsp3) is 0.647. The van der Waals surface area contributed by atoms with Gasteiger partial charge in [0.1, 0.15) is 5.82 Å². The highest BCUT2D eigenvalue weighted by molar-refractivity contribution is 5.24. The average molecular weight is 279 g/mol. The molecule has 0 saturated heterocycles. The Morgan fingerprint density at radius 2 is 2.10 bits per heavy atom. The van der Waals surface area contributed by atoms with Crippen LogP contribution in [0.4, 0.5) is 4.39 Å². The second-order valence-corrected chi connectivity index (χ2v) is 5.93. The van der Waals surface area contributed by atoms with Gasteiger partial charge in [0.2, 0.25) is 0 Å². The highest BCUT2D eigenvalue weighted by Gasteiger charge is 2.28. The first kappa shape index (κ1) is 15.5. The molecule has 0 spiro atoms. The summed E-state index contributed by atoms with van der Waals surface area (Å²) in [4.78, 5) is 2.48. The molecule has 1 unspecified atom stereocenters. The van der Waals surface area contributed by atoms with Crippen molar-refractivity contribution in [2.45, 2.75) is 58.1 Å². The minimum absolute atomic E-state index is 0.230. The highest BCUT2D eigenvalue weighted by atomic mass is 19.1. The van der Waals surface area contributed by atoms with Crippen LogP contribution in [-0.4, -0.2) is 29.1 Å². The molecule has 3 heteroatoms. The number of benzene rings is 1. The van der Waals surface area contributed by atoms with Crippen LogP contribution in [-0.2, 0) is 0 Å². The van der Waals surface area contributed by atoms with Gasteiger partial charge in [0.05, 0.1) is 6.10 Å². The van der Waals surface area contributed by atoms with Crippen molar-refractivity contribution in [3.05, 3.63) is 35.1 Å². The van der Waals surface area contributed by atoms with Crippen LogP contribution in [0.1, 0.15) is 56.3 Å². The van der Waals surface area contributed by atoms with Crippen LogP contribution < -0.4 is 0 Å². The predicted molar refractivity (Wildman–Crippen MR) is 80.2 cm³/mol. The van der Waals surface area contributed by atoms with Gasteiger partial charge in [-0.15, -0.1) is 0 Å². The molecule has 1 atom stereocenters. The van der Waals surface area contributed by atoms with Gasteiger partial charge in [-0.2, -0.15) is 0 Å². The fourth-order valence-electron chi connectivity index (χ4n) is 2.55. The molecule has 0 heterocycles. The molecule has 1 aliphatic carbocycles. The largest absolute Gasteiger partial charge is 0.388 e. The van der Waals surface area contributed by atoms with Crippen LogP contribution in [0.25, 0.3) is 0 Å². The van der Waals surface area contributed by atoms with Gasteiger partial charge >= 0.3 is 0 Å². The van der Waals surface area contributed by atoms with Crippen LogP contribution in [0.2, 0.25) is 0 Å². The van der Waals surface area contributed by atoms with Gasteiger partial charge < -0.3 is 10.0 Å². The zero-order chi connectivity index (χ0) is 14.5. The third kappa shape index (κ3) is 4.29. The van der Waals surface area contributed by atoms with Crippen molar-refractivity contribution < 1.29 is 9.50 Å². The SMILES string of the molecule is CCCCN(CCC(O)c1ccc(C)c(F)c1)C1CC1. The molecule has 1 N–H and O–H groups in total. The minimum Gasteiger partial charge on any atom is -0.388 e. The van der Waals surface area contributed by atoms with Crippen molar-refractivity contribution in [3.8, 4) is 0 Å². The molecule has 1 aromatic carbocycles. The van der Waals surface area contributed by atoms with Crippen LogP contribution in [0.3, 0.4) is 0 Å². The third-order valence-corrected chi connectivity index (χ3v) is 4.13. The number of hydrogen-bond acceptors (Lipinski definition) is 2. The lowest BCUT2D eigenvalue weighted by Crippen LogP contribution is -2.29. The summed E-state index contributed by atoms with van der Waals surface area (Å²) in [5.74, 6) is -0.230. The number of nitrogens with zero attached hydrogens (tertiary/aromatic N) is 1. The van der Waals surface area contributed by atoms with E-state index < -0.39 is 6.10 Å². The molecule has 1 aromatic rings. The second kappa shape index (κ2) is 7.19.